The molecule has 282 valence electrons. The van der Waals surface area contributed by atoms with Crippen molar-refractivity contribution in [3.05, 3.63) is 82.9 Å². The Hall–Kier alpha value is -4.97. The van der Waals surface area contributed by atoms with Crippen LogP contribution in [0, 0.1) is 11.2 Å². The monoisotopic (exact) mass is 775 g/mol. The summed E-state index contributed by atoms with van der Waals surface area (Å²) in [6.07, 6.45) is 0.783. The van der Waals surface area contributed by atoms with Crippen LogP contribution in [0.25, 0.3) is 16.8 Å². The van der Waals surface area contributed by atoms with Gasteiger partial charge >= 0.3 is 6.09 Å². The molecule has 14 nitrogen and oxygen atoms in total. The number of nitrogens with two attached hydrogens (primary N) is 1. The highest BCUT2D eigenvalue weighted by molar-refractivity contribution is 7.90. The zero-order valence-corrected chi connectivity index (χ0v) is 30.7. The normalized spacial score (nSPS) is 18.4. The number of rotatable bonds is 12. The number of alkyl halides is 2. The molecule has 2 atom stereocenters. The SMILES string of the molecule is CCNC(=O)OC[C@H](c1ccc(Cl)c(-n2ncnc2C(F)F)c1)N1C(=O)[C@@](CC(C)(C)C)(c2ccc(-c3cnn(S(=O)(=O)C4CC4)c3)c(F)c2)N=C1N. The summed E-state index contributed by atoms with van der Waals surface area (Å²) in [5.74, 6) is -2.38. The van der Waals surface area contributed by atoms with E-state index in [1.807, 2.05) is 20.8 Å². The third-order valence-corrected chi connectivity index (χ3v) is 11.1. The van der Waals surface area contributed by atoms with Crippen LogP contribution in [-0.4, -0.2) is 73.6 Å². The summed E-state index contributed by atoms with van der Waals surface area (Å²) in [7, 11) is -3.69. The number of guanidine groups is 1. The van der Waals surface area contributed by atoms with Crippen molar-refractivity contribution in [1.29, 1.82) is 0 Å². The van der Waals surface area contributed by atoms with Crippen molar-refractivity contribution in [2.45, 2.75) is 70.2 Å². The molecular formula is C34H37ClF3N9O5S. The van der Waals surface area contributed by atoms with E-state index in [1.165, 1.54) is 42.7 Å². The van der Waals surface area contributed by atoms with Crippen LogP contribution in [0.3, 0.4) is 0 Å². The van der Waals surface area contributed by atoms with Gasteiger partial charge in [0.25, 0.3) is 22.4 Å². The lowest BCUT2D eigenvalue weighted by atomic mass is 9.75. The number of carbonyl (C=O) groups is 2. The van der Waals surface area contributed by atoms with E-state index < -0.39 is 68.9 Å². The van der Waals surface area contributed by atoms with Crippen LogP contribution in [0.5, 0.6) is 0 Å². The average Bonchev–Trinajstić information content (AvgIpc) is 3.53. The van der Waals surface area contributed by atoms with E-state index in [9.17, 15) is 26.8 Å². The predicted octanol–water partition coefficient (Wildman–Crippen LogP) is 5.48. The molecule has 1 aliphatic heterocycles. The van der Waals surface area contributed by atoms with Crippen molar-refractivity contribution in [3.63, 3.8) is 0 Å². The maximum absolute atomic E-state index is 16.1. The van der Waals surface area contributed by atoms with Gasteiger partial charge in [-0.05, 0) is 60.9 Å². The highest BCUT2D eigenvalue weighted by atomic mass is 35.5. The molecule has 1 saturated carbocycles. The number of amides is 2. The second-order valence-electron chi connectivity index (χ2n) is 14.0. The molecule has 2 aromatic carbocycles. The van der Waals surface area contributed by atoms with E-state index in [0.29, 0.717) is 12.8 Å². The van der Waals surface area contributed by atoms with Gasteiger partial charge in [0.05, 0.1) is 34.4 Å². The van der Waals surface area contributed by atoms with Gasteiger partial charge in [-0.15, -0.1) is 0 Å². The van der Waals surface area contributed by atoms with Gasteiger partial charge in [0.1, 0.15) is 18.8 Å². The van der Waals surface area contributed by atoms with Crippen molar-refractivity contribution >= 4 is 39.6 Å². The van der Waals surface area contributed by atoms with Crippen molar-refractivity contribution in [2.75, 3.05) is 13.2 Å². The Kier molecular flexibility index (Phi) is 10.1. The van der Waals surface area contributed by atoms with Gasteiger partial charge in [0.2, 0.25) is 0 Å². The Morgan fingerprint density at radius 2 is 1.91 bits per heavy atom. The highest BCUT2D eigenvalue weighted by Gasteiger charge is 2.53. The first kappa shape index (κ1) is 37.8. The van der Waals surface area contributed by atoms with E-state index in [2.05, 4.69) is 25.5 Å². The van der Waals surface area contributed by atoms with Crippen LogP contribution in [0.2, 0.25) is 5.02 Å². The number of ether oxygens (including phenoxy) is 1. The molecule has 0 radical (unpaired) electrons. The number of hydrogen-bond donors (Lipinski definition) is 2. The summed E-state index contributed by atoms with van der Waals surface area (Å²) in [4.78, 5) is 36.8. The number of halogens is 4. The van der Waals surface area contributed by atoms with Gasteiger partial charge in [0.15, 0.2) is 17.3 Å². The number of alkyl carbamates (subject to hydrolysis) is 1. The first-order chi connectivity index (χ1) is 25.0. The molecule has 6 rings (SSSR count). The summed E-state index contributed by atoms with van der Waals surface area (Å²) in [5, 5.41) is 9.89. The molecule has 19 heteroatoms. The molecule has 2 amide bonds. The van der Waals surface area contributed by atoms with Crippen LogP contribution >= 0.6 is 11.6 Å². The molecule has 0 spiro atoms. The molecule has 3 heterocycles. The number of nitrogens with zero attached hydrogens (tertiary/aromatic N) is 7. The van der Waals surface area contributed by atoms with Crippen molar-refractivity contribution in [3.8, 4) is 16.8 Å². The van der Waals surface area contributed by atoms with E-state index in [1.54, 1.807) is 6.92 Å². The summed E-state index contributed by atoms with van der Waals surface area (Å²) in [6, 6.07) is 7.24. The fraction of sp³-hybridized carbons (Fsp3) is 0.412. The first-order valence-corrected chi connectivity index (χ1v) is 18.5. The van der Waals surface area contributed by atoms with Gasteiger partial charge in [-0.2, -0.15) is 14.3 Å². The minimum Gasteiger partial charge on any atom is -0.447 e. The highest BCUT2D eigenvalue weighted by Crippen LogP contribution is 2.46. The molecule has 2 aliphatic rings. The van der Waals surface area contributed by atoms with Crippen LogP contribution in [0.15, 0.2) is 60.1 Å². The minimum atomic E-state index is -3.69. The topological polar surface area (TPSA) is 180 Å². The third kappa shape index (κ3) is 7.33. The van der Waals surface area contributed by atoms with Crippen LogP contribution in [0.1, 0.15) is 76.4 Å². The molecule has 0 unspecified atom stereocenters. The zero-order chi connectivity index (χ0) is 38.5. The molecule has 1 fully saturated rings. The summed E-state index contributed by atoms with van der Waals surface area (Å²) in [6.45, 7) is 7.09. The molecule has 3 N–H and O–H groups in total. The van der Waals surface area contributed by atoms with Crippen LogP contribution in [0.4, 0.5) is 18.0 Å². The van der Waals surface area contributed by atoms with E-state index in [-0.39, 0.29) is 51.9 Å². The number of aliphatic imine (C=N–C) groups is 1. The Balaban J connectivity index is 1.42. The van der Waals surface area contributed by atoms with Gasteiger partial charge < -0.3 is 15.8 Å². The molecule has 1 aliphatic carbocycles. The lowest BCUT2D eigenvalue weighted by molar-refractivity contribution is -0.135. The van der Waals surface area contributed by atoms with Gasteiger partial charge in [-0.25, -0.2) is 41.0 Å². The Labute approximate surface area is 308 Å². The van der Waals surface area contributed by atoms with Crippen molar-refractivity contribution < 1.29 is 35.9 Å². The maximum Gasteiger partial charge on any atom is 0.407 e. The maximum atomic E-state index is 16.1. The molecule has 0 bridgehead atoms. The Morgan fingerprint density at radius 1 is 1.17 bits per heavy atom. The minimum absolute atomic E-state index is 0.00833. The van der Waals surface area contributed by atoms with Gasteiger partial charge in [-0.3, -0.25) is 9.69 Å². The zero-order valence-electron chi connectivity index (χ0n) is 29.1. The van der Waals surface area contributed by atoms with Gasteiger partial charge in [0, 0.05) is 17.7 Å². The molecule has 4 aromatic rings. The number of carbonyl (C=O) groups excluding carboxylic acids is 2. The number of benzene rings is 2. The van der Waals surface area contributed by atoms with Crippen LogP contribution < -0.4 is 11.1 Å². The second-order valence-corrected chi connectivity index (χ2v) is 16.4. The van der Waals surface area contributed by atoms with E-state index in [0.717, 1.165) is 26.1 Å². The fourth-order valence-corrected chi connectivity index (χ4v) is 8.01. The first-order valence-electron chi connectivity index (χ1n) is 16.6. The lowest BCUT2D eigenvalue weighted by Crippen LogP contribution is -2.47. The summed E-state index contributed by atoms with van der Waals surface area (Å²) in [5.41, 5.74) is 4.90. The van der Waals surface area contributed by atoms with Gasteiger partial charge in [-0.1, -0.05) is 50.6 Å². The average molecular weight is 776 g/mol. The third-order valence-electron chi connectivity index (χ3n) is 8.79. The standard InChI is InChI=1S/C34H37ClF3N9O5S/c1-5-40-32(49)52-16-27(19-6-11-24(35)26(12-19)47-29(28(37)38)41-18-43-47)46-30(48)34(44-31(46)39,17-33(2,3)4)21-7-10-23(25(36)13-21)20-14-42-45(15-20)53(50,51)22-8-9-22/h6-7,10-15,18,22,27-28H,5,8-9,16-17H2,1-4H3,(H2,39,44)(H,40,49)/t27-,34-/m1/s1. The fourth-order valence-electron chi connectivity index (χ4n) is 6.34. The molecule has 53 heavy (non-hydrogen) atoms. The quantitative estimate of drug-likeness (QED) is 0.189. The molecule has 0 saturated heterocycles. The Bertz CT molecular complexity index is 2200. The van der Waals surface area contributed by atoms with E-state index in [4.69, 9.17) is 22.1 Å². The largest absolute Gasteiger partial charge is 0.447 e. The lowest BCUT2D eigenvalue weighted by Gasteiger charge is -2.35. The van der Waals surface area contributed by atoms with Crippen molar-refractivity contribution in [2.24, 2.45) is 16.1 Å². The molecule has 2 aromatic heterocycles. The van der Waals surface area contributed by atoms with Crippen molar-refractivity contribution in [1.82, 2.24) is 34.2 Å². The summed E-state index contributed by atoms with van der Waals surface area (Å²) >= 11 is 6.44. The summed E-state index contributed by atoms with van der Waals surface area (Å²) < 4.78 is 76.3. The van der Waals surface area contributed by atoms with E-state index >= 15 is 4.39 Å². The predicted molar refractivity (Wildman–Crippen MR) is 188 cm³/mol. The smallest absolute Gasteiger partial charge is 0.407 e. The van der Waals surface area contributed by atoms with Crippen LogP contribution in [-0.2, 0) is 25.1 Å². The Morgan fingerprint density at radius 3 is 2.55 bits per heavy atom. The number of nitrogens with one attached hydrogen (secondary N) is 1. The number of aromatic nitrogens is 5. The second kappa shape index (κ2) is 14.1. The molecular weight excluding hydrogens is 739 g/mol. The number of hydrogen-bond acceptors (Lipinski definition) is 10.